The predicted molar refractivity (Wildman–Crippen MR) is 161 cm³/mol. The Morgan fingerprint density at radius 1 is 1.00 bits per heavy atom. The Bertz CT molecular complexity index is 1690. The van der Waals surface area contributed by atoms with Crippen molar-refractivity contribution in [2.24, 2.45) is 5.92 Å². The standard InChI is InChI=1S/C31H31N3O5S2/c1-39-23-13-7-20(8-14-23)17-18-34-27-16-15-26(24-4-2-5-25(29(24)27)31(34)36)32-30(35)21-9-11-22(12-10-21)33-41(37,38)28-6-3-19-40-28/h2-8,13-16,19,21-22,33H,9-12,17-18H2,1H3,(H,32,35). The van der Waals surface area contributed by atoms with Gasteiger partial charge in [0, 0.05) is 40.5 Å². The lowest BCUT2D eigenvalue weighted by atomic mass is 9.86. The maximum Gasteiger partial charge on any atom is 0.259 e. The number of ether oxygens (including phenoxy) is 1. The Labute approximate surface area is 243 Å². The number of hydrogen-bond donors (Lipinski definition) is 2. The SMILES string of the molecule is COc1ccc(CCN2C(=O)c3cccc4c(NC(=O)C5CCC(NS(=O)(=O)c6cccs6)CC5)ccc2c34)cc1. The molecular formula is C31H31N3O5S2. The largest absolute Gasteiger partial charge is 0.497 e. The second-order valence-corrected chi connectivity index (χ2v) is 13.4. The van der Waals surface area contributed by atoms with Crippen molar-refractivity contribution in [3.05, 3.63) is 83.2 Å². The van der Waals surface area contributed by atoms with Gasteiger partial charge in [0.05, 0.1) is 12.8 Å². The highest BCUT2D eigenvalue weighted by atomic mass is 32.2. The first-order valence-corrected chi connectivity index (χ1v) is 16.1. The summed E-state index contributed by atoms with van der Waals surface area (Å²) in [6.07, 6.45) is 3.11. The number of methoxy groups -OCH3 is 1. The van der Waals surface area contributed by atoms with Gasteiger partial charge in [0.2, 0.25) is 15.9 Å². The van der Waals surface area contributed by atoms with E-state index in [0.29, 0.717) is 54.1 Å². The molecule has 1 aliphatic carbocycles. The number of nitrogens with zero attached hydrogens (tertiary/aromatic N) is 1. The molecule has 0 radical (unpaired) electrons. The zero-order valence-electron chi connectivity index (χ0n) is 22.6. The highest BCUT2D eigenvalue weighted by Crippen LogP contribution is 2.41. The van der Waals surface area contributed by atoms with Gasteiger partial charge in [-0.2, -0.15) is 0 Å². The van der Waals surface area contributed by atoms with Crippen LogP contribution in [-0.2, 0) is 21.2 Å². The van der Waals surface area contributed by atoms with Crippen molar-refractivity contribution in [1.82, 2.24) is 4.72 Å². The number of rotatable bonds is 9. The van der Waals surface area contributed by atoms with Crippen molar-refractivity contribution in [3.8, 4) is 5.75 Å². The van der Waals surface area contributed by atoms with Crippen LogP contribution in [-0.4, -0.2) is 39.9 Å². The summed E-state index contributed by atoms with van der Waals surface area (Å²) in [6, 6.07) is 20.4. The predicted octanol–water partition coefficient (Wildman–Crippen LogP) is 5.59. The number of thiophene rings is 1. The highest BCUT2D eigenvalue weighted by Gasteiger charge is 2.32. The van der Waals surface area contributed by atoms with Crippen LogP contribution in [0.3, 0.4) is 0 Å². The number of carbonyl (C=O) groups is 2. The van der Waals surface area contributed by atoms with E-state index in [2.05, 4.69) is 10.0 Å². The molecule has 41 heavy (non-hydrogen) atoms. The Morgan fingerprint density at radius 3 is 2.49 bits per heavy atom. The third-order valence-corrected chi connectivity index (χ3v) is 10.9. The van der Waals surface area contributed by atoms with Crippen molar-refractivity contribution in [2.75, 3.05) is 23.9 Å². The second-order valence-electron chi connectivity index (χ2n) is 10.5. The summed E-state index contributed by atoms with van der Waals surface area (Å²) in [5.74, 6) is 0.476. The van der Waals surface area contributed by atoms with E-state index in [9.17, 15) is 18.0 Å². The number of benzene rings is 3. The van der Waals surface area contributed by atoms with Gasteiger partial charge in [-0.05, 0) is 79.4 Å². The first-order valence-electron chi connectivity index (χ1n) is 13.7. The Hall–Kier alpha value is -3.73. The van der Waals surface area contributed by atoms with Crippen LogP contribution in [0.15, 0.2) is 76.3 Å². The number of sulfonamides is 1. The summed E-state index contributed by atoms with van der Waals surface area (Å²) >= 11 is 1.19. The minimum absolute atomic E-state index is 0.0362. The van der Waals surface area contributed by atoms with Crippen LogP contribution in [0.1, 0.15) is 41.6 Å². The van der Waals surface area contributed by atoms with Crippen molar-refractivity contribution in [1.29, 1.82) is 0 Å². The van der Waals surface area contributed by atoms with Gasteiger partial charge in [-0.25, -0.2) is 13.1 Å². The molecule has 0 unspecified atom stereocenters. The molecule has 3 aromatic carbocycles. The monoisotopic (exact) mass is 589 g/mol. The second kappa shape index (κ2) is 11.3. The fourth-order valence-electron chi connectivity index (χ4n) is 5.81. The Morgan fingerprint density at radius 2 is 1.78 bits per heavy atom. The molecule has 2 N–H and O–H groups in total. The minimum atomic E-state index is -3.53. The molecule has 10 heteroatoms. The van der Waals surface area contributed by atoms with Gasteiger partial charge in [0.15, 0.2) is 0 Å². The molecule has 6 rings (SSSR count). The summed E-state index contributed by atoms with van der Waals surface area (Å²) in [6.45, 7) is 0.542. The molecule has 8 nitrogen and oxygen atoms in total. The summed E-state index contributed by atoms with van der Waals surface area (Å²) in [5.41, 5.74) is 3.29. The first kappa shape index (κ1) is 27.4. The van der Waals surface area contributed by atoms with Crippen LogP contribution < -0.4 is 19.7 Å². The van der Waals surface area contributed by atoms with E-state index in [1.807, 2.05) is 59.5 Å². The smallest absolute Gasteiger partial charge is 0.259 e. The molecule has 1 fully saturated rings. The van der Waals surface area contributed by atoms with Crippen molar-refractivity contribution in [2.45, 2.75) is 42.4 Å². The van der Waals surface area contributed by atoms with Crippen molar-refractivity contribution >= 4 is 55.3 Å². The maximum absolute atomic E-state index is 13.4. The van der Waals surface area contributed by atoms with Gasteiger partial charge in [0.25, 0.3) is 5.91 Å². The van der Waals surface area contributed by atoms with Crippen LogP contribution >= 0.6 is 11.3 Å². The van der Waals surface area contributed by atoms with Gasteiger partial charge < -0.3 is 15.0 Å². The highest BCUT2D eigenvalue weighted by molar-refractivity contribution is 7.91. The molecule has 0 saturated heterocycles. The fourth-order valence-corrected chi connectivity index (χ4v) is 8.13. The van der Waals surface area contributed by atoms with E-state index >= 15 is 0 Å². The van der Waals surface area contributed by atoms with Crippen LogP contribution in [0.4, 0.5) is 11.4 Å². The van der Waals surface area contributed by atoms with Crippen LogP contribution in [0.25, 0.3) is 10.8 Å². The van der Waals surface area contributed by atoms with Gasteiger partial charge in [-0.3, -0.25) is 9.59 Å². The number of amides is 2. The molecule has 0 atom stereocenters. The molecular weight excluding hydrogens is 558 g/mol. The molecule has 0 bridgehead atoms. The molecule has 1 aliphatic heterocycles. The van der Waals surface area contributed by atoms with Crippen molar-refractivity contribution in [3.63, 3.8) is 0 Å². The Kier molecular flexibility index (Phi) is 7.54. The molecule has 1 saturated carbocycles. The number of nitrogens with one attached hydrogen (secondary N) is 2. The molecule has 2 heterocycles. The average Bonchev–Trinajstić information content (AvgIpc) is 3.63. The topological polar surface area (TPSA) is 105 Å². The molecule has 1 aromatic heterocycles. The van der Waals surface area contributed by atoms with Gasteiger partial charge >= 0.3 is 0 Å². The van der Waals surface area contributed by atoms with E-state index in [4.69, 9.17) is 4.74 Å². The van der Waals surface area contributed by atoms with Crippen molar-refractivity contribution < 1.29 is 22.7 Å². The molecule has 2 aliphatic rings. The third kappa shape index (κ3) is 5.47. The normalized spacial score (nSPS) is 18.6. The zero-order chi connectivity index (χ0) is 28.6. The molecule has 2 amide bonds. The van der Waals surface area contributed by atoms with Crippen LogP contribution in [0.2, 0.25) is 0 Å². The summed E-state index contributed by atoms with van der Waals surface area (Å²) < 4.78 is 33.5. The van der Waals surface area contributed by atoms with Gasteiger partial charge in [-0.1, -0.05) is 30.3 Å². The lowest BCUT2D eigenvalue weighted by Crippen LogP contribution is -2.39. The average molecular weight is 590 g/mol. The summed E-state index contributed by atoms with van der Waals surface area (Å²) in [5, 5.41) is 6.54. The van der Waals surface area contributed by atoms with E-state index in [-0.39, 0.29) is 23.8 Å². The maximum atomic E-state index is 13.4. The zero-order valence-corrected chi connectivity index (χ0v) is 24.3. The van der Waals surface area contributed by atoms with Crippen LogP contribution in [0.5, 0.6) is 5.75 Å². The molecule has 4 aromatic rings. The van der Waals surface area contributed by atoms with E-state index < -0.39 is 10.0 Å². The Balaban J connectivity index is 1.12. The fraction of sp³-hybridized carbons (Fsp3) is 0.290. The lowest BCUT2D eigenvalue weighted by Gasteiger charge is -2.28. The van der Waals surface area contributed by atoms with E-state index in [0.717, 1.165) is 27.8 Å². The minimum Gasteiger partial charge on any atom is -0.497 e. The number of anilines is 2. The van der Waals surface area contributed by atoms with Gasteiger partial charge in [-0.15, -0.1) is 11.3 Å². The quantitative estimate of drug-likeness (QED) is 0.265. The summed E-state index contributed by atoms with van der Waals surface area (Å²) in [7, 11) is -1.89. The lowest BCUT2D eigenvalue weighted by molar-refractivity contribution is -0.120. The molecule has 0 spiro atoms. The number of hydrogen-bond acceptors (Lipinski definition) is 6. The third-order valence-electron chi connectivity index (χ3n) is 8.01. The van der Waals surface area contributed by atoms with Gasteiger partial charge in [0.1, 0.15) is 9.96 Å². The summed E-state index contributed by atoms with van der Waals surface area (Å²) in [4.78, 5) is 28.4. The van der Waals surface area contributed by atoms with E-state index in [1.165, 1.54) is 11.3 Å². The van der Waals surface area contributed by atoms with E-state index in [1.54, 1.807) is 24.6 Å². The molecule has 212 valence electrons. The van der Waals surface area contributed by atoms with Crippen LogP contribution in [0, 0.1) is 5.92 Å². The first-order chi connectivity index (χ1) is 19.8. The number of carbonyl (C=O) groups excluding carboxylic acids is 2.